The van der Waals surface area contributed by atoms with Gasteiger partial charge in [-0.25, -0.2) is 0 Å². The smallest absolute Gasteiger partial charge is 0.254 e. The number of carbonyl (C=O) groups excluding carboxylic acids is 1. The van der Waals surface area contributed by atoms with E-state index < -0.39 is 0 Å². The van der Waals surface area contributed by atoms with Gasteiger partial charge in [0.05, 0.1) is 0 Å². The lowest BCUT2D eigenvalue weighted by Gasteiger charge is -2.38. The Bertz CT molecular complexity index is 1050. The summed E-state index contributed by atoms with van der Waals surface area (Å²) in [7, 11) is 3.42. The first kappa shape index (κ1) is 27.0. The molecule has 0 saturated carbocycles. The molecule has 1 fully saturated rings. The third kappa shape index (κ3) is 7.41. The van der Waals surface area contributed by atoms with E-state index in [1.165, 1.54) is 0 Å². The Hall–Kier alpha value is -3.21. The molecule has 0 aromatic heterocycles. The lowest BCUT2D eigenvalue weighted by molar-refractivity contribution is 0.0560. The second-order valence-electron chi connectivity index (χ2n) is 9.05. The van der Waals surface area contributed by atoms with E-state index in [2.05, 4.69) is 48.6 Å². The van der Waals surface area contributed by atoms with E-state index in [4.69, 9.17) is 4.74 Å². The molecule has 1 heterocycles. The van der Waals surface area contributed by atoms with Crippen molar-refractivity contribution in [1.82, 2.24) is 4.90 Å². The maximum absolute atomic E-state index is 13.3. The van der Waals surface area contributed by atoms with E-state index in [0.29, 0.717) is 6.54 Å². The van der Waals surface area contributed by atoms with Gasteiger partial charge in [-0.2, -0.15) is 0 Å². The van der Waals surface area contributed by atoms with Gasteiger partial charge < -0.3 is 9.64 Å². The first-order valence-corrected chi connectivity index (χ1v) is 11.8. The Labute approximate surface area is 205 Å². The largest absolute Gasteiger partial charge is 0.462 e. The molecule has 3 rings (SSSR count). The molecule has 2 aromatic carbocycles. The minimum atomic E-state index is 0.109. The highest BCUT2D eigenvalue weighted by molar-refractivity contribution is 6.15. The van der Waals surface area contributed by atoms with Crippen LogP contribution in [0.2, 0.25) is 0 Å². The molecular formula is C29H39N3O2. The number of aryl methyl sites for hydroxylation is 4. The van der Waals surface area contributed by atoms with E-state index >= 15 is 0 Å². The number of benzene rings is 2. The van der Waals surface area contributed by atoms with Crippen molar-refractivity contribution in [2.75, 3.05) is 20.6 Å². The number of hydrogen-bond acceptors (Lipinski definition) is 4. The molecule has 0 bridgehead atoms. The van der Waals surface area contributed by atoms with Gasteiger partial charge in [-0.3, -0.25) is 14.8 Å². The third-order valence-corrected chi connectivity index (χ3v) is 6.17. The van der Waals surface area contributed by atoms with E-state index in [9.17, 15) is 4.79 Å². The molecule has 0 aliphatic carbocycles. The fourth-order valence-corrected chi connectivity index (χ4v) is 3.95. The number of piperidine rings is 1. The van der Waals surface area contributed by atoms with Gasteiger partial charge in [0.2, 0.25) is 0 Å². The van der Waals surface area contributed by atoms with Crippen molar-refractivity contribution >= 4 is 18.3 Å². The van der Waals surface area contributed by atoms with Gasteiger partial charge >= 0.3 is 0 Å². The van der Waals surface area contributed by atoms with E-state index in [-0.39, 0.29) is 17.9 Å². The molecule has 34 heavy (non-hydrogen) atoms. The van der Waals surface area contributed by atoms with Crippen molar-refractivity contribution in [3.63, 3.8) is 0 Å². The minimum absolute atomic E-state index is 0.109. The summed E-state index contributed by atoms with van der Waals surface area (Å²) in [6.45, 7) is 15.1. The topological polar surface area (TPSA) is 54.3 Å². The highest BCUT2D eigenvalue weighted by Gasteiger charge is 2.32. The number of aliphatic imine (C=N–C) groups is 2. The molecule has 2 aromatic rings. The Morgan fingerprint density at radius 2 is 1.56 bits per heavy atom. The zero-order valence-electron chi connectivity index (χ0n) is 21.8. The van der Waals surface area contributed by atoms with Gasteiger partial charge in [-0.1, -0.05) is 36.4 Å². The monoisotopic (exact) mass is 461 g/mol. The summed E-state index contributed by atoms with van der Waals surface area (Å²) < 4.78 is 6.14. The summed E-state index contributed by atoms with van der Waals surface area (Å²) in [5.74, 6) is 1.86. The van der Waals surface area contributed by atoms with Crippen LogP contribution in [0.3, 0.4) is 0 Å². The normalized spacial score (nSPS) is 18.0. The quantitative estimate of drug-likeness (QED) is 0.397. The molecule has 0 N–H and O–H groups in total. The van der Waals surface area contributed by atoms with Gasteiger partial charge in [-0.15, -0.1) is 0 Å². The van der Waals surface area contributed by atoms with Crippen LogP contribution in [-0.2, 0) is 0 Å². The molecule has 1 unspecified atom stereocenters. The first-order valence-electron chi connectivity index (χ1n) is 11.8. The second-order valence-corrected chi connectivity index (χ2v) is 9.05. The summed E-state index contributed by atoms with van der Waals surface area (Å²) in [4.78, 5) is 22.6. The molecular weight excluding hydrogens is 422 g/mol. The molecule has 5 nitrogen and oxygen atoms in total. The summed E-state index contributed by atoms with van der Waals surface area (Å²) in [5, 5.41) is 0. The van der Waals surface area contributed by atoms with Gasteiger partial charge in [0.15, 0.2) is 0 Å². The molecule has 1 saturated heterocycles. The predicted molar refractivity (Wildman–Crippen MR) is 144 cm³/mol. The number of amides is 1. The van der Waals surface area contributed by atoms with E-state index in [0.717, 1.165) is 52.2 Å². The lowest BCUT2D eigenvalue weighted by atomic mass is 9.91. The van der Waals surface area contributed by atoms with Gasteiger partial charge in [0.1, 0.15) is 11.5 Å². The summed E-state index contributed by atoms with van der Waals surface area (Å²) >= 11 is 0. The second kappa shape index (κ2) is 12.9. The zero-order chi connectivity index (χ0) is 25.3. The van der Waals surface area contributed by atoms with Crippen LogP contribution < -0.4 is 4.74 Å². The maximum Gasteiger partial charge on any atom is 0.254 e. The van der Waals surface area contributed by atoms with Crippen LogP contribution in [0, 0.1) is 33.6 Å². The summed E-state index contributed by atoms with van der Waals surface area (Å²) in [6.07, 6.45) is 5.22. The Morgan fingerprint density at radius 1 is 0.971 bits per heavy atom. The average Bonchev–Trinajstić information content (AvgIpc) is 2.81. The SMILES string of the molecule is C=C(Oc1cc(C)ccc1C)C1CC[C@@H](C)N(C(=O)c2cc(C)ccc2C)C1.CN=CC=NC. The predicted octanol–water partition coefficient (Wildman–Crippen LogP) is 6.14. The number of hydrogen-bond donors (Lipinski definition) is 0. The molecule has 0 spiro atoms. The fraction of sp³-hybridized carbons (Fsp3) is 0.414. The van der Waals surface area contributed by atoms with Crippen molar-refractivity contribution in [2.45, 2.75) is 53.5 Å². The Morgan fingerprint density at radius 3 is 2.18 bits per heavy atom. The van der Waals surface area contributed by atoms with Gasteiger partial charge in [0, 0.05) is 50.6 Å². The van der Waals surface area contributed by atoms with E-state index in [1.807, 2.05) is 43.9 Å². The van der Waals surface area contributed by atoms with Crippen molar-refractivity contribution in [1.29, 1.82) is 0 Å². The molecule has 5 heteroatoms. The lowest BCUT2D eigenvalue weighted by Crippen LogP contribution is -2.46. The minimum Gasteiger partial charge on any atom is -0.462 e. The van der Waals surface area contributed by atoms with Crippen LogP contribution in [0.5, 0.6) is 5.75 Å². The summed E-state index contributed by atoms with van der Waals surface area (Å²) in [6, 6.07) is 12.5. The third-order valence-electron chi connectivity index (χ3n) is 6.17. The van der Waals surface area contributed by atoms with Crippen molar-refractivity contribution in [3.05, 3.63) is 76.6 Å². The van der Waals surface area contributed by atoms with Gasteiger partial charge in [-0.05, 0) is 76.3 Å². The van der Waals surface area contributed by atoms with Crippen molar-refractivity contribution in [2.24, 2.45) is 15.9 Å². The Kier molecular flexibility index (Phi) is 10.2. The van der Waals surface area contributed by atoms with E-state index in [1.54, 1.807) is 26.5 Å². The van der Waals surface area contributed by atoms with Crippen LogP contribution in [-0.4, -0.2) is 49.9 Å². The number of likely N-dealkylation sites (tertiary alicyclic amines) is 1. The first-order chi connectivity index (χ1) is 16.2. The van der Waals surface area contributed by atoms with Crippen LogP contribution in [0.15, 0.2) is 58.7 Å². The summed E-state index contributed by atoms with van der Waals surface area (Å²) in [5.41, 5.74) is 5.19. The highest BCUT2D eigenvalue weighted by Crippen LogP contribution is 2.31. The molecule has 1 aliphatic rings. The van der Waals surface area contributed by atoms with Gasteiger partial charge in [0.25, 0.3) is 5.91 Å². The van der Waals surface area contributed by atoms with Crippen LogP contribution in [0.1, 0.15) is 52.4 Å². The molecule has 0 radical (unpaired) electrons. The Balaban J connectivity index is 0.000000604. The molecule has 2 atom stereocenters. The van der Waals surface area contributed by atoms with Crippen LogP contribution in [0.4, 0.5) is 0 Å². The van der Waals surface area contributed by atoms with Crippen LogP contribution in [0.25, 0.3) is 0 Å². The van der Waals surface area contributed by atoms with Crippen molar-refractivity contribution < 1.29 is 9.53 Å². The van der Waals surface area contributed by atoms with Crippen LogP contribution >= 0.6 is 0 Å². The molecule has 1 amide bonds. The highest BCUT2D eigenvalue weighted by atomic mass is 16.5. The number of rotatable bonds is 5. The maximum atomic E-state index is 13.3. The fourth-order valence-electron chi connectivity index (χ4n) is 3.95. The average molecular weight is 462 g/mol. The molecule has 1 aliphatic heterocycles. The number of nitrogens with zero attached hydrogens (tertiary/aromatic N) is 3. The number of ether oxygens (including phenoxy) is 1. The number of carbonyl (C=O) groups is 1. The molecule has 182 valence electrons. The standard InChI is InChI=1S/C25H31NO2.C4H8N2/c1-16-7-9-18(3)23(13-16)25(27)26-15-22(12-11-20(26)5)21(6)28-24-14-17(2)8-10-19(24)4;1-5-3-4-6-2/h7-10,13-14,20,22H,6,11-12,15H2,1-5H3;3-4H,1-2H3/t20-,22?;/m1./s1. The van der Waals surface area contributed by atoms with Crippen molar-refractivity contribution in [3.8, 4) is 5.75 Å². The zero-order valence-corrected chi connectivity index (χ0v) is 21.8.